The number of aromatic amines is 2. The Labute approximate surface area is 116 Å². The molecule has 2 aromatic heterocycles. The highest BCUT2D eigenvalue weighted by atomic mass is 16.2. The summed E-state index contributed by atoms with van der Waals surface area (Å²) in [5.74, 6) is -0.0714. The zero-order valence-corrected chi connectivity index (χ0v) is 11.6. The molecule has 1 atom stereocenters. The number of hydrogen-bond donors (Lipinski definition) is 3. The van der Waals surface area contributed by atoms with Gasteiger partial charge in [-0.3, -0.25) is 9.89 Å². The maximum Gasteiger partial charge on any atom is 0.244 e. The number of carbonyl (C=O) groups excluding carboxylic acids is 1. The summed E-state index contributed by atoms with van der Waals surface area (Å²) in [5, 5.41) is 6.97. The molecular formula is C13H18N6O. The molecule has 0 saturated heterocycles. The molecule has 3 rings (SSSR count). The zero-order valence-electron chi connectivity index (χ0n) is 11.6. The number of hydrogen-bond acceptors (Lipinski definition) is 4. The van der Waals surface area contributed by atoms with E-state index in [1.54, 1.807) is 11.2 Å². The lowest BCUT2D eigenvalue weighted by molar-refractivity contribution is -0.133. The Morgan fingerprint density at radius 3 is 3.00 bits per heavy atom. The molecule has 1 aliphatic rings. The van der Waals surface area contributed by atoms with Gasteiger partial charge in [0.1, 0.15) is 6.04 Å². The van der Waals surface area contributed by atoms with E-state index in [-0.39, 0.29) is 5.91 Å². The number of amides is 1. The van der Waals surface area contributed by atoms with Crippen molar-refractivity contribution in [1.29, 1.82) is 0 Å². The quantitative estimate of drug-likeness (QED) is 0.734. The van der Waals surface area contributed by atoms with Gasteiger partial charge in [0, 0.05) is 24.2 Å². The van der Waals surface area contributed by atoms with E-state index >= 15 is 0 Å². The minimum absolute atomic E-state index is 0.0714. The first-order chi connectivity index (χ1) is 9.58. The number of nitrogens with zero attached hydrogens (tertiary/aromatic N) is 3. The normalized spacial score (nSPS) is 16.1. The van der Waals surface area contributed by atoms with E-state index < -0.39 is 6.04 Å². The SMILES string of the molecule is Cc1n[nH]c(C)c1[C@H](N)C(=O)N1CCc2nc[nH]c2C1. The topological polar surface area (TPSA) is 104 Å². The fourth-order valence-electron chi connectivity index (χ4n) is 2.74. The van der Waals surface area contributed by atoms with Crippen LogP contribution >= 0.6 is 0 Å². The maximum absolute atomic E-state index is 12.6. The number of rotatable bonds is 2. The van der Waals surface area contributed by atoms with Crippen LogP contribution in [0.3, 0.4) is 0 Å². The van der Waals surface area contributed by atoms with Crippen LogP contribution in [0, 0.1) is 13.8 Å². The molecule has 0 saturated carbocycles. The van der Waals surface area contributed by atoms with Gasteiger partial charge < -0.3 is 15.6 Å². The number of nitrogens with one attached hydrogen (secondary N) is 2. The molecule has 7 nitrogen and oxygen atoms in total. The second kappa shape index (κ2) is 4.75. The second-order valence-electron chi connectivity index (χ2n) is 5.16. The van der Waals surface area contributed by atoms with Crippen LogP contribution in [-0.2, 0) is 17.8 Å². The molecule has 106 valence electrons. The first kappa shape index (κ1) is 12.9. The molecule has 0 radical (unpaired) electrons. The second-order valence-corrected chi connectivity index (χ2v) is 5.16. The number of H-pyrrole nitrogens is 2. The molecule has 4 N–H and O–H groups in total. The van der Waals surface area contributed by atoms with Gasteiger partial charge in [-0.15, -0.1) is 0 Å². The first-order valence-corrected chi connectivity index (χ1v) is 6.65. The highest BCUT2D eigenvalue weighted by Crippen LogP contribution is 2.22. The highest BCUT2D eigenvalue weighted by Gasteiger charge is 2.29. The van der Waals surface area contributed by atoms with Crippen molar-refractivity contribution in [3.8, 4) is 0 Å². The van der Waals surface area contributed by atoms with Gasteiger partial charge in [0.05, 0.1) is 30.0 Å². The van der Waals surface area contributed by atoms with Crippen molar-refractivity contribution in [2.75, 3.05) is 6.54 Å². The lowest BCUT2D eigenvalue weighted by Gasteiger charge is -2.28. The lowest BCUT2D eigenvalue weighted by Crippen LogP contribution is -2.41. The molecule has 0 unspecified atom stereocenters. The molecule has 2 aromatic rings. The van der Waals surface area contributed by atoms with Crippen LogP contribution in [-0.4, -0.2) is 37.5 Å². The number of aryl methyl sites for hydroxylation is 2. The van der Waals surface area contributed by atoms with Crippen molar-refractivity contribution in [3.05, 3.63) is 34.7 Å². The first-order valence-electron chi connectivity index (χ1n) is 6.65. The number of carbonyl (C=O) groups is 1. The predicted molar refractivity (Wildman–Crippen MR) is 72.7 cm³/mol. The van der Waals surface area contributed by atoms with Gasteiger partial charge in [0.2, 0.25) is 5.91 Å². The van der Waals surface area contributed by atoms with Crippen LogP contribution in [0.15, 0.2) is 6.33 Å². The van der Waals surface area contributed by atoms with Crippen LogP contribution in [0.25, 0.3) is 0 Å². The molecule has 3 heterocycles. The summed E-state index contributed by atoms with van der Waals surface area (Å²) in [6.45, 7) is 4.93. The van der Waals surface area contributed by atoms with Crippen LogP contribution in [0.5, 0.6) is 0 Å². The summed E-state index contributed by atoms with van der Waals surface area (Å²) in [7, 11) is 0. The van der Waals surface area contributed by atoms with E-state index in [1.807, 2.05) is 13.8 Å². The van der Waals surface area contributed by atoms with E-state index in [2.05, 4.69) is 20.2 Å². The molecular weight excluding hydrogens is 256 g/mol. The van der Waals surface area contributed by atoms with Gasteiger partial charge in [-0.2, -0.15) is 5.10 Å². The Morgan fingerprint density at radius 1 is 1.50 bits per heavy atom. The third-order valence-corrected chi connectivity index (χ3v) is 3.85. The molecule has 0 aromatic carbocycles. The van der Waals surface area contributed by atoms with E-state index in [0.717, 1.165) is 34.8 Å². The molecule has 0 bridgehead atoms. The number of fused-ring (bicyclic) bond motifs is 1. The van der Waals surface area contributed by atoms with Crippen molar-refractivity contribution in [2.24, 2.45) is 5.73 Å². The number of aromatic nitrogens is 4. The summed E-state index contributed by atoms with van der Waals surface area (Å²) in [4.78, 5) is 21.6. The van der Waals surface area contributed by atoms with E-state index in [9.17, 15) is 4.79 Å². The van der Waals surface area contributed by atoms with E-state index in [4.69, 9.17) is 5.73 Å². The van der Waals surface area contributed by atoms with Crippen LogP contribution < -0.4 is 5.73 Å². The van der Waals surface area contributed by atoms with Gasteiger partial charge in [-0.1, -0.05) is 0 Å². The maximum atomic E-state index is 12.6. The van der Waals surface area contributed by atoms with Crippen molar-refractivity contribution < 1.29 is 4.79 Å². The Morgan fingerprint density at radius 2 is 2.30 bits per heavy atom. The smallest absolute Gasteiger partial charge is 0.244 e. The van der Waals surface area contributed by atoms with Crippen LogP contribution in [0.1, 0.15) is 34.4 Å². The Bertz CT molecular complexity index is 624. The summed E-state index contributed by atoms with van der Waals surface area (Å²) >= 11 is 0. The van der Waals surface area contributed by atoms with Gasteiger partial charge in [0.25, 0.3) is 0 Å². The fourth-order valence-corrected chi connectivity index (χ4v) is 2.74. The van der Waals surface area contributed by atoms with Gasteiger partial charge in [0.15, 0.2) is 0 Å². The minimum atomic E-state index is -0.668. The molecule has 0 aliphatic carbocycles. The molecule has 1 aliphatic heterocycles. The summed E-state index contributed by atoms with van der Waals surface area (Å²) in [6, 6.07) is -0.668. The van der Waals surface area contributed by atoms with E-state index in [0.29, 0.717) is 13.1 Å². The zero-order chi connectivity index (χ0) is 14.3. The number of imidazole rings is 1. The van der Waals surface area contributed by atoms with Crippen molar-refractivity contribution in [2.45, 2.75) is 32.9 Å². The van der Waals surface area contributed by atoms with Gasteiger partial charge in [-0.05, 0) is 13.8 Å². The fraction of sp³-hybridized carbons (Fsp3) is 0.462. The average Bonchev–Trinajstić information content (AvgIpc) is 3.03. The molecule has 0 spiro atoms. The van der Waals surface area contributed by atoms with Gasteiger partial charge in [-0.25, -0.2) is 4.98 Å². The Balaban J connectivity index is 1.80. The van der Waals surface area contributed by atoms with Crippen LogP contribution in [0.2, 0.25) is 0 Å². The molecule has 0 fully saturated rings. The van der Waals surface area contributed by atoms with Crippen molar-refractivity contribution >= 4 is 5.91 Å². The average molecular weight is 274 g/mol. The summed E-state index contributed by atoms with van der Waals surface area (Å²) in [6.07, 6.45) is 2.43. The lowest BCUT2D eigenvalue weighted by atomic mass is 10.0. The Hall–Kier alpha value is -2.15. The minimum Gasteiger partial charge on any atom is -0.347 e. The predicted octanol–water partition coefficient (Wildman–Crippen LogP) is 0.334. The third kappa shape index (κ3) is 2.00. The summed E-state index contributed by atoms with van der Waals surface area (Å²) < 4.78 is 0. The molecule has 7 heteroatoms. The van der Waals surface area contributed by atoms with Crippen LogP contribution in [0.4, 0.5) is 0 Å². The third-order valence-electron chi connectivity index (χ3n) is 3.85. The molecule has 20 heavy (non-hydrogen) atoms. The van der Waals surface area contributed by atoms with Crippen molar-refractivity contribution in [3.63, 3.8) is 0 Å². The monoisotopic (exact) mass is 274 g/mol. The van der Waals surface area contributed by atoms with Crippen molar-refractivity contribution in [1.82, 2.24) is 25.1 Å². The standard InChI is InChI=1S/C13H18N6O/c1-7-11(8(2)18-17-7)12(14)13(20)19-4-3-9-10(5-19)16-6-15-9/h6,12H,3-5,14H2,1-2H3,(H,15,16)(H,17,18)/t12-/m0/s1. The molecule has 1 amide bonds. The Kier molecular flexibility index (Phi) is 3.06. The largest absolute Gasteiger partial charge is 0.347 e. The number of nitrogens with two attached hydrogens (primary N) is 1. The highest BCUT2D eigenvalue weighted by molar-refractivity contribution is 5.83. The van der Waals surface area contributed by atoms with E-state index in [1.165, 1.54) is 0 Å². The van der Waals surface area contributed by atoms with Gasteiger partial charge >= 0.3 is 0 Å². The summed E-state index contributed by atoms with van der Waals surface area (Å²) in [5.41, 5.74) is 10.6.